The largest absolute Gasteiger partial charge is 0.494 e. The van der Waals surface area contributed by atoms with E-state index < -0.39 is 5.41 Å². The van der Waals surface area contributed by atoms with Crippen LogP contribution in [-0.4, -0.2) is 12.4 Å². The fourth-order valence-electron chi connectivity index (χ4n) is 7.19. The van der Waals surface area contributed by atoms with E-state index in [1.54, 1.807) is 0 Å². The molecule has 3 nitrogen and oxygen atoms in total. The summed E-state index contributed by atoms with van der Waals surface area (Å²) in [4.78, 5) is 13.1. The van der Waals surface area contributed by atoms with E-state index in [4.69, 9.17) is 21.1 Å². The Morgan fingerprint density at radius 1 is 0.592 bits per heavy atom. The molecule has 0 N–H and O–H groups in total. The average molecular weight is 663 g/mol. The molecule has 6 aromatic rings. The van der Waals surface area contributed by atoms with E-state index in [0.717, 1.165) is 36.3 Å². The van der Waals surface area contributed by atoms with Gasteiger partial charge in [-0.15, -0.1) is 11.6 Å². The highest BCUT2D eigenvalue weighted by molar-refractivity contribution is 6.17. The molecule has 1 aliphatic rings. The molecule has 0 amide bonds. The van der Waals surface area contributed by atoms with Crippen LogP contribution in [0.5, 0.6) is 17.2 Å². The number of carbonyl (C=O) groups excluding carboxylic acids is 1. The van der Waals surface area contributed by atoms with Crippen molar-refractivity contribution in [2.24, 2.45) is 0 Å². The second kappa shape index (κ2) is 14.2. The predicted molar refractivity (Wildman–Crippen MR) is 199 cm³/mol. The third-order valence-corrected chi connectivity index (χ3v) is 9.77. The van der Waals surface area contributed by atoms with Crippen LogP contribution in [0.1, 0.15) is 76.0 Å². The lowest BCUT2D eigenvalue weighted by Gasteiger charge is -2.34. The van der Waals surface area contributed by atoms with Gasteiger partial charge in [-0.05, 0) is 118 Å². The van der Waals surface area contributed by atoms with Gasteiger partial charge in [0.2, 0.25) is 0 Å². The molecular weight excluding hydrogens is 624 g/mol. The molecular formula is C45H39ClO3. The summed E-state index contributed by atoms with van der Waals surface area (Å²) in [5.41, 5.74) is 10.6. The monoisotopic (exact) mass is 662 g/mol. The molecule has 244 valence electrons. The Kier molecular flexibility index (Phi) is 9.37. The Labute approximate surface area is 294 Å². The second-order valence-electron chi connectivity index (χ2n) is 12.6. The molecule has 0 unspecified atom stereocenters. The van der Waals surface area contributed by atoms with Crippen LogP contribution in [0.15, 0.2) is 140 Å². The first kappa shape index (κ1) is 32.4. The maximum absolute atomic E-state index is 13.1. The molecule has 0 atom stereocenters. The quantitative estimate of drug-likeness (QED) is 0.0964. The minimum atomic E-state index is -0.514. The molecule has 0 saturated carbocycles. The SMILES string of the molecule is CCCOc1ccc(C(=O)c2ccc(Oc3ccc(C4(c5ccc(CCC)c(CCl)c5)c5ccccc5-c5ccccc54)cc3)cc2)cc1. The smallest absolute Gasteiger partial charge is 0.193 e. The van der Waals surface area contributed by atoms with Gasteiger partial charge >= 0.3 is 0 Å². The van der Waals surface area contributed by atoms with Crippen molar-refractivity contribution in [2.75, 3.05) is 6.61 Å². The lowest BCUT2D eigenvalue weighted by molar-refractivity contribution is 0.103. The first-order chi connectivity index (χ1) is 24.1. The van der Waals surface area contributed by atoms with Crippen LogP contribution in [0.2, 0.25) is 0 Å². The number of rotatable bonds is 12. The highest BCUT2D eigenvalue weighted by Gasteiger charge is 2.46. The van der Waals surface area contributed by atoms with E-state index in [-0.39, 0.29) is 5.78 Å². The zero-order valence-electron chi connectivity index (χ0n) is 27.9. The lowest BCUT2D eigenvalue weighted by atomic mass is 9.67. The summed E-state index contributed by atoms with van der Waals surface area (Å²) in [6, 6.07) is 47.4. The summed E-state index contributed by atoms with van der Waals surface area (Å²) in [5, 5.41) is 0. The number of ketones is 1. The second-order valence-corrected chi connectivity index (χ2v) is 12.8. The normalized spacial score (nSPS) is 12.6. The van der Waals surface area contributed by atoms with Crippen LogP contribution in [0, 0.1) is 0 Å². The number of hydrogen-bond acceptors (Lipinski definition) is 3. The first-order valence-corrected chi connectivity index (χ1v) is 17.6. The van der Waals surface area contributed by atoms with Crippen molar-refractivity contribution in [3.8, 4) is 28.4 Å². The van der Waals surface area contributed by atoms with E-state index in [0.29, 0.717) is 29.4 Å². The van der Waals surface area contributed by atoms with Gasteiger partial charge in [0.05, 0.1) is 12.0 Å². The summed E-state index contributed by atoms with van der Waals surface area (Å²) in [5.74, 6) is 2.59. The standard InChI is InChI=1S/C45H39ClO3/c1-3-9-31-14-19-36(29-34(31)30-46)45(42-12-7-5-10-40(42)41-11-6-8-13-43(41)45)35-20-26-39(27-21-35)49-38-24-17-33(18-25-38)44(47)32-15-22-37(23-16-32)48-28-4-2/h5-8,10-27,29H,3-4,9,28,30H2,1-2H3. The summed E-state index contributed by atoms with van der Waals surface area (Å²) < 4.78 is 12.0. The van der Waals surface area contributed by atoms with E-state index in [1.165, 1.54) is 38.9 Å². The molecule has 4 heteroatoms. The summed E-state index contributed by atoms with van der Waals surface area (Å²) in [6.45, 7) is 4.93. The van der Waals surface area contributed by atoms with Crippen molar-refractivity contribution in [3.05, 3.63) is 184 Å². The van der Waals surface area contributed by atoms with E-state index in [1.807, 2.05) is 60.7 Å². The third-order valence-electron chi connectivity index (χ3n) is 9.48. The molecule has 0 radical (unpaired) electrons. The molecule has 0 heterocycles. The molecule has 0 aromatic heterocycles. The van der Waals surface area contributed by atoms with Crippen molar-refractivity contribution in [1.82, 2.24) is 0 Å². The molecule has 49 heavy (non-hydrogen) atoms. The van der Waals surface area contributed by atoms with Crippen molar-refractivity contribution in [1.29, 1.82) is 0 Å². The van der Waals surface area contributed by atoms with Gasteiger partial charge in [0.1, 0.15) is 17.2 Å². The van der Waals surface area contributed by atoms with Crippen molar-refractivity contribution < 1.29 is 14.3 Å². The summed E-state index contributed by atoms with van der Waals surface area (Å²) in [7, 11) is 0. The number of halogens is 1. The van der Waals surface area contributed by atoms with Crippen LogP contribution >= 0.6 is 11.6 Å². The van der Waals surface area contributed by atoms with Gasteiger partial charge in [-0.3, -0.25) is 4.79 Å². The zero-order chi connectivity index (χ0) is 33.8. The molecule has 0 bridgehead atoms. The number of benzene rings is 6. The number of aryl methyl sites for hydroxylation is 1. The summed E-state index contributed by atoms with van der Waals surface area (Å²) in [6.07, 6.45) is 3.02. The molecule has 0 saturated heterocycles. The van der Waals surface area contributed by atoms with Gasteiger partial charge in [0.25, 0.3) is 0 Å². The topological polar surface area (TPSA) is 35.5 Å². The Bertz CT molecular complexity index is 2030. The fourth-order valence-corrected chi connectivity index (χ4v) is 7.44. The number of alkyl halides is 1. The number of hydrogen-bond donors (Lipinski definition) is 0. The Hall–Kier alpha value is -5.12. The molecule has 1 aliphatic carbocycles. The molecule has 0 spiro atoms. The van der Waals surface area contributed by atoms with Crippen LogP contribution in [-0.2, 0) is 17.7 Å². The zero-order valence-corrected chi connectivity index (χ0v) is 28.7. The highest BCUT2D eigenvalue weighted by atomic mass is 35.5. The van der Waals surface area contributed by atoms with Crippen molar-refractivity contribution in [2.45, 2.75) is 44.4 Å². The van der Waals surface area contributed by atoms with Gasteiger partial charge in [0.15, 0.2) is 5.78 Å². The van der Waals surface area contributed by atoms with Gasteiger partial charge < -0.3 is 9.47 Å². The van der Waals surface area contributed by atoms with Crippen LogP contribution in [0.4, 0.5) is 0 Å². The van der Waals surface area contributed by atoms with Gasteiger partial charge in [0, 0.05) is 17.0 Å². The van der Waals surface area contributed by atoms with Crippen LogP contribution in [0.3, 0.4) is 0 Å². The molecule has 6 aromatic carbocycles. The highest BCUT2D eigenvalue weighted by Crippen LogP contribution is 2.56. The van der Waals surface area contributed by atoms with Crippen LogP contribution < -0.4 is 9.47 Å². The van der Waals surface area contributed by atoms with Gasteiger partial charge in [-0.2, -0.15) is 0 Å². The fraction of sp³-hybridized carbons (Fsp3) is 0.178. The minimum absolute atomic E-state index is 0.0413. The predicted octanol–water partition coefficient (Wildman–Crippen LogP) is 11.6. The number of fused-ring (bicyclic) bond motifs is 3. The van der Waals surface area contributed by atoms with Crippen molar-refractivity contribution in [3.63, 3.8) is 0 Å². The van der Waals surface area contributed by atoms with Gasteiger partial charge in [-0.25, -0.2) is 0 Å². The molecule has 7 rings (SSSR count). The first-order valence-electron chi connectivity index (χ1n) is 17.1. The summed E-state index contributed by atoms with van der Waals surface area (Å²) >= 11 is 6.58. The minimum Gasteiger partial charge on any atom is -0.494 e. The maximum atomic E-state index is 13.1. The van der Waals surface area contributed by atoms with E-state index >= 15 is 0 Å². The van der Waals surface area contributed by atoms with E-state index in [2.05, 4.69) is 92.7 Å². The van der Waals surface area contributed by atoms with Crippen LogP contribution in [0.25, 0.3) is 11.1 Å². The lowest BCUT2D eigenvalue weighted by Crippen LogP contribution is -2.28. The third kappa shape index (κ3) is 6.04. The number of carbonyl (C=O) groups is 1. The Morgan fingerprint density at radius 3 is 1.67 bits per heavy atom. The average Bonchev–Trinajstić information content (AvgIpc) is 3.46. The Morgan fingerprint density at radius 2 is 1.12 bits per heavy atom. The van der Waals surface area contributed by atoms with Gasteiger partial charge in [-0.1, -0.05) is 99.1 Å². The molecule has 0 fully saturated rings. The van der Waals surface area contributed by atoms with E-state index in [9.17, 15) is 4.79 Å². The maximum Gasteiger partial charge on any atom is 0.193 e. The number of ether oxygens (including phenoxy) is 2. The Balaban J connectivity index is 1.20. The van der Waals surface area contributed by atoms with Crippen molar-refractivity contribution >= 4 is 17.4 Å². The molecule has 0 aliphatic heterocycles.